The number of carbonyl (C=O) groups is 2. The number of imide groups is 1. The van der Waals surface area contributed by atoms with E-state index in [0.717, 1.165) is 5.56 Å². The summed E-state index contributed by atoms with van der Waals surface area (Å²) in [5.74, 6) is -0.287. The van der Waals surface area contributed by atoms with E-state index >= 15 is 0 Å². The summed E-state index contributed by atoms with van der Waals surface area (Å²) < 4.78 is 20.3. The first-order valence-corrected chi connectivity index (χ1v) is 11.4. The average molecular weight is 472 g/mol. The number of rotatable bonds is 7. The molecule has 1 heterocycles. The lowest BCUT2D eigenvalue weighted by Gasteiger charge is -2.27. The molecule has 6 nitrogen and oxygen atoms in total. The zero-order valence-electron chi connectivity index (χ0n) is 19.9. The lowest BCUT2D eigenvalue weighted by atomic mass is 10.0. The summed E-state index contributed by atoms with van der Waals surface area (Å²) in [6.45, 7) is 13.0. The van der Waals surface area contributed by atoms with Crippen LogP contribution >= 0.6 is 0 Å². The first kappa shape index (κ1) is 24.0. The van der Waals surface area contributed by atoms with Gasteiger partial charge in [0.25, 0.3) is 5.91 Å². The molecule has 0 aromatic heterocycles. The van der Waals surface area contributed by atoms with E-state index < -0.39 is 11.6 Å². The molecule has 0 unspecified atom stereocenters. The van der Waals surface area contributed by atoms with Crippen molar-refractivity contribution in [3.05, 3.63) is 89.5 Å². The van der Waals surface area contributed by atoms with Crippen LogP contribution in [0.2, 0.25) is 0 Å². The maximum absolute atomic E-state index is 14.6. The van der Waals surface area contributed by atoms with Gasteiger partial charge >= 0.3 is 6.03 Å². The van der Waals surface area contributed by atoms with Gasteiger partial charge in [-0.25, -0.2) is 18.9 Å². The van der Waals surface area contributed by atoms with Gasteiger partial charge in [-0.2, -0.15) is 0 Å². The number of carbonyl (C=O) groups excluding carboxylic acids is 2. The van der Waals surface area contributed by atoms with Crippen molar-refractivity contribution in [1.29, 1.82) is 0 Å². The smallest absolute Gasteiger partial charge is 0.332 e. The van der Waals surface area contributed by atoms with Crippen LogP contribution in [-0.4, -0.2) is 35.5 Å². The van der Waals surface area contributed by atoms with E-state index in [-0.39, 0.29) is 18.3 Å². The Bertz CT molecular complexity index is 1310. The van der Waals surface area contributed by atoms with Crippen LogP contribution in [0.5, 0.6) is 5.75 Å². The molecule has 0 aliphatic carbocycles. The minimum absolute atomic E-state index is 0.261. The molecule has 0 spiro atoms. The van der Waals surface area contributed by atoms with E-state index in [2.05, 4.69) is 4.85 Å². The summed E-state index contributed by atoms with van der Waals surface area (Å²) >= 11 is 0. The van der Waals surface area contributed by atoms with E-state index in [1.807, 2.05) is 30.3 Å². The van der Waals surface area contributed by atoms with Crippen LogP contribution in [-0.2, 0) is 4.79 Å². The molecule has 7 heteroatoms. The quantitative estimate of drug-likeness (QED) is 0.229. The van der Waals surface area contributed by atoms with Crippen molar-refractivity contribution in [1.82, 2.24) is 4.90 Å². The fourth-order valence-electron chi connectivity index (χ4n) is 4.19. The molecule has 4 rings (SSSR count). The maximum Gasteiger partial charge on any atom is 0.332 e. The first-order valence-electron chi connectivity index (χ1n) is 11.4. The first-order chi connectivity index (χ1) is 16.7. The molecule has 0 atom stereocenters. The minimum atomic E-state index is -1.02. The van der Waals surface area contributed by atoms with Gasteiger partial charge in [0.15, 0.2) is 5.69 Å². The van der Waals surface area contributed by atoms with Gasteiger partial charge in [0.1, 0.15) is 17.1 Å². The predicted molar refractivity (Wildman–Crippen MR) is 133 cm³/mol. The third-order valence-electron chi connectivity index (χ3n) is 6.20. The molecule has 1 aliphatic rings. The molecule has 0 radical (unpaired) electrons. The number of nitrogens with zero attached hydrogens (tertiary/aromatic N) is 3. The van der Waals surface area contributed by atoms with Crippen LogP contribution in [0.15, 0.2) is 66.7 Å². The molecule has 1 aliphatic heterocycles. The summed E-state index contributed by atoms with van der Waals surface area (Å²) in [7, 11) is 0. The fraction of sp³-hybridized carbons (Fsp3) is 0.250. The van der Waals surface area contributed by atoms with Crippen molar-refractivity contribution in [3.8, 4) is 16.9 Å². The second-order valence-corrected chi connectivity index (χ2v) is 8.93. The van der Waals surface area contributed by atoms with Crippen LogP contribution in [0, 0.1) is 19.3 Å². The number of aryl methyl sites for hydroxylation is 1. The van der Waals surface area contributed by atoms with Gasteiger partial charge in [-0.15, -0.1) is 0 Å². The van der Waals surface area contributed by atoms with Crippen LogP contribution in [0.3, 0.4) is 0 Å². The summed E-state index contributed by atoms with van der Waals surface area (Å²) in [6.07, 6.45) is 0.466. The lowest BCUT2D eigenvalue weighted by molar-refractivity contribution is -0.123. The van der Waals surface area contributed by atoms with E-state index in [9.17, 15) is 14.0 Å². The number of anilines is 1. The molecule has 0 N–H and O–H groups in total. The Balaban J connectivity index is 1.39. The summed E-state index contributed by atoms with van der Waals surface area (Å²) in [5, 5.41) is 0. The van der Waals surface area contributed by atoms with Crippen LogP contribution in [0.1, 0.15) is 25.8 Å². The van der Waals surface area contributed by atoms with Crippen molar-refractivity contribution in [3.63, 3.8) is 0 Å². The number of ether oxygens (including phenoxy) is 1. The van der Waals surface area contributed by atoms with Gasteiger partial charge in [0.2, 0.25) is 0 Å². The zero-order valence-corrected chi connectivity index (χ0v) is 19.9. The second kappa shape index (κ2) is 9.59. The largest absolute Gasteiger partial charge is 0.493 e. The second-order valence-electron chi connectivity index (χ2n) is 8.93. The molecule has 1 saturated heterocycles. The Morgan fingerprint density at radius 3 is 2.43 bits per heavy atom. The van der Waals surface area contributed by atoms with Crippen molar-refractivity contribution in [2.24, 2.45) is 0 Å². The van der Waals surface area contributed by atoms with Gasteiger partial charge in [0.05, 0.1) is 18.9 Å². The number of hydrogen-bond acceptors (Lipinski definition) is 3. The summed E-state index contributed by atoms with van der Waals surface area (Å²) in [4.78, 5) is 32.4. The molecule has 178 valence electrons. The van der Waals surface area contributed by atoms with Crippen LogP contribution < -0.4 is 9.64 Å². The monoisotopic (exact) mass is 471 g/mol. The number of halogens is 1. The minimum Gasteiger partial charge on any atom is -0.493 e. The van der Waals surface area contributed by atoms with Crippen LogP contribution in [0.25, 0.3) is 16.0 Å². The van der Waals surface area contributed by atoms with E-state index in [4.69, 9.17) is 11.3 Å². The summed E-state index contributed by atoms with van der Waals surface area (Å²) in [5.41, 5.74) is 1.90. The topological polar surface area (TPSA) is 54.2 Å². The Morgan fingerprint density at radius 1 is 1.03 bits per heavy atom. The van der Waals surface area contributed by atoms with E-state index in [1.54, 1.807) is 51.1 Å². The van der Waals surface area contributed by atoms with Crippen LogP contribution in [0.4, 0.5) is 20.6 Å². The highest BCUT2D eigenvalue weighted by Crippen LogP contribution is 2.34. The zero-order chi connectivity index (χ0) is 25.2. The normalized spacial score (nSPS) is 14.8. The average Bonchev–Trinajstić information content (AvgIpc) is 3.01. The number of hydrogen-bond donors (Lipinski definition) is 0. The Hall–Kier alpha value is -4.18. The van der Waals surface area contributed by atoms with Gasteiger partial charge in [-0.3, -0.25) is 4.79 Å². The standard InChI is InChI=1S/C28H26FN3O3/c1-19-17-21(11-14-25(19)30-4)32-26(33)28(2,3)31(27(32)34)15-8-16-35-22-12-13-23(24(29)18-22)20-9-6-5-7-10-20/h5-7,9-14,17-18H,8,15-16H2,1-3H3. The number of benzene rings is 3. The van der Waals surface area contributed by atoms with Crippen molar-refractivity contribution in [2.75, 3.05) is 18.1 Å². The van der Waals surface area contributed by atoms with E-state index in [0.29, 0.717) is 41.2 Å². The number of amides is 3. The van der Waals surface area contributed by atoms with Crippen molar-refractivity contribution >= 4 is 23.3 Å². The third-order valence-corrected chi connectivity index (χ3v) is 6.20. The van der Waals surface area contributed by atoms with E-state index in [1.165, 1.54) is 15.9 Å². The highest BCUT2D eigenvalue weighted by molar-refractivity contribution is 6.23. The molecule has 35 heavy (non-hydrogen) atoms. The predicted octanol–water partition coefficient (Wildman–Crippen LogP) is 6.37. The highest BCUT2D eigenvalue weighted by Gasteiger charge is 2.51. The van der Waals surface area contributed by atoms with Crippen molar-refractivity contribution < 1.29 is 18.7 Å². The SMILES string of the molecule is [C-]#[N+]c1ccc(N2C(=O)N(CCCOc3ccc(-c4ccccc4)c(F)c3)C(C)(C)C2=O)cc1C. The number of urea groups is 1. The molecular weight excluding hydrogens is 445 g/mol. The van der Waals surface area contributed by atoms with Gasteiger partial charge in [-0.1, -0.05) is 36.4 Å². The van der Waals surface area contributed by atoms with Gasteiger partial charge in [0, 0.05) is 18.2 Å². The molecule has 1 fully saturated rings. The molecule has 0 bridgehead atoms. The third kappa shape index (κ3) is 4.60. The van der Waals surface area contributed by atoms with Crippen molar-refractivity contribution in [2.45, 2.75) is 32.7 Å². The maximum atomic E-state index is 14.6. The Labute approximate surface area is 204 Å². The highest BCUT2D eigenvalue weighted by atomic mass is 19.1. The Kier molecular flexibility index (Phi) is 6.57. The molecular formula is C28H26FN3O3. The van der Waals surface area contributed by atoms with Gasteiger partial charge < -0.3 is 9.64 Å². The van der Waals surface area contributed by atoms with Gasteiger partial charge in [-0.05, 0) is 62.6 Å². The fourth-order valence-corrected chi connectivity index (χ4v) is 4.19. The lowest BCUT2D eigenvalue weighted by Crippen LogP contribution is -2.44. The molecule has 3 amide bonds. The molecule has 3 aromatic rings. The molecule has 0 saturated carbocycles. The summed E-state index contributed by atoms with van der Waals surface area (Å²) in [6, 6.07) is 18.5. The Morgan fingerprint density at radius 2 is 1.77 bits per heavy atom. The molecule has 3 aromatic carbocycles.